The second-order valence-electron chi connectivity index (χ2n) is 5.65. The largest absolute Gasteiger partial charge is 0.322 e. The second kappa shape index (κ2) is 6.79. The number of carbonyl (C=O) groups excluding carboxylic acids is 1. The van der Waals surface area contributed by atoms with Crippen molar-refractivity contribution < 1.29 is 18.5 Å². The summed E-state index contributed by atoms with van der Waals surface area (Å²) in [5.41, 5.74) is 0.715. The Labute approximate surface area is 146 Å². The number of rotatable bonds is 3. The Kier molecular flexibility index (Phi) is 4.71. The summed E-state index contributed by atoms with van der Waals surface area (Å²) in [5.74, 6) is -1.22. The number of halogens is 2. The average Bonchev–Trinajstić information content (AvgIpc) is 3.03. The third-order valence-electron chi connectivity index (χ3n) is 4.03. The molecular weight excluding hydrogens is 350 g/mol. The molecule has 1 aliphatic heterocycles. The lowest BCUT2D eigenvalue weighted by Crippen LogP contribution is -2.30. The summed E-state index contributed by atoms with van der Waals surface area (Å²) in [6, 6.07) is 7.53. The van der Waals surface area contributed by atoms with Crippen molar-refractivity contribution in [2.24, 2.45) is 0 Å². The van der Waals surface area contributed by atoms with Crippen LogP contribution in [0, 0.1) is 28.7 Å². The van der Waals surface area contributed by atoms with E-state index >= 15 is 0 Å². The highest BCUT2D eigenvalue weighted by Gasteiger charge is 2.33. The van der Waals surface area contributed by atoms with Crippen LogP contribution in [-0.2, 0) is 0 Å². The van der Waals surface area contributed by atoms with E-state index in [1.54, 1.807) is 6.92 Å². The van der Waals surface area contributed by atoms with Crippen molar-refractivity contribution in [2.45, 2.75) is 12.3 Å². The van der Waals surface area contributed by atoms with E-state index in [4.69, 9.17) is 0 Å². The molecule has 0 aromatic heterocycles. The third-order valence-corrected chi connectivity index (χ3v) is 5.28. The van der Waals surface area contributed by atoms with Gasteiger partial charge in [-0.15, -0.1) is 11.8 Å². The van der Waals surface area contributed by atoms with Gasteiger partial charge in [-0.3, -0.25) is 14.9 Å². The van der Waals surface area contributed by atoms with E-state index in [0.29, 0.717) is 17.9 Å². The smallest absolute Gasteiger partial charge is 0.273 e. The zero-order valence-electron chi connectivity index (χ0n) is 13.2. The van der Waals surface area contributed by atoms with Gasteiger partial charge in [-0.1, -0.05) is 12.1 Å². The van der Waals surface area contributed by atoms with Crippen LogP contribution in [0.4, 0.5) is 14.5 Å². The van der Waals surface area contributed by atoms with Crippen LogP contribution in [0.5, 0.6) is 0 Å². The summed E-state index contributed by atoms with van der Waals surface area (Å²) in [6.45, 7) is 1.97. The summed E-state index contributed by atoms with van der Waals surface area (Å²) in [6.07, 6.45) is 0. The van der Waals surface area contributed by atoms with Crippen LogP contribution in [-0.4, -0.2) is 28.0 Å². The van der Waals surface area contributed by atoms with Gasteiger partial charge < -0.3 is 4.90 Å². The number of carbonyl (C=O) groups is 1. The maximum absolute atomic E-state index is 14.1. The number of amides is 1. The van der Waals surface area contributed by atoms with Gasteiger partial charge in [-0.25, -0.2) is 8.78 Å². The van der Waals surface area contributed by atoms with Gasteiger partial charge in [0.15, 0.2) is 0 Å². The quantitative estimate of drug-likeness (QED) is 0.608. The highest BCUT2D eigenvalue weighted by Crippen LogP contribution is 2.40. The lowest BCUT2D eigenvalue weighted by Gasteiger charge is -2.24. The first-order valence-electron chi connectivity index (χ1n) is 7.51. The van der Waals surface area contributed by atoms with Gasteiger partial charge in [0, 0.05) is 41.1 Å². The summed E-state index contributed by atoms with van der Waals surface area (Å²) in [7, 11) is 0. The van der Waals surface area contributed by atoms with Crippen LogP contribution < -0.4 is 0 Å². The summed E-state index contributed by atoms with van der Waals surface area (Å²) in [4.78, 5) is 24.8. The van der Waals surface area contributed by atoms with Crippen molar-refractivity contribution in [3.8, 4) is 0 Å². The predicted octanol–water partition coefficient (Wildman–Crippen LogP) is 4.07. The first kappa shape index (κ1) is 17.3. The van der Waals surface area contributed by atoms with E-state index in [0.717, 1.165) is 12.1 Å². The molecule has 1 atom stereocenters. The van der Waals surface area contributed by atoms with Crippen molar-refractivity contribution in [1.29, 1.82) is 0 Å². The van der Waals surface area contributed by atoms with E-state index < -0.39 is 27.8 Å². The fraction of sp³-hybridized carbons (Fsp3) is 0.235. The maximum Gasteiger partial charge on any atom is 0.273 e. The molecule has 1 heterocycles. The van der Waals surface area contributed by atoms with Crippen LogP contribution >= 0.6 is 11.8 Å². The molecule has 1 aliphatic rings. The van der Waals surface area contributed by atoms with Gasteiger partial charge in [-0.2, -0.15) is 0 Å². The van der Waals surface area contributed by atoms with Gasteiger partial charge >= 0.3 is 0 Å². The molecule has 0 radical (unpaired) electrons. The molecule has 25 heavy (non-hydrogen) atoms. The third kappa shape index (κ3) is 3.34. The van der Waals surface area contributed by atoms with Gasteiger partial charge in [0.05, 0.1) is 4.92 Å². The standard InChI is InChI=1S/C17H14F2N2O3S/c1-10-2-3-11(8-15(10)21(23)24)16(22)20-6-7-25-17(20)13-5-4-12(18)9-14(13)19/h2-5,8-9,17H,6-7H2,1H3. The minimum Gasteiger partial charge on any atom is -0.322 e. The molecule has 1 amide bonds. The number of hydrogen-bond donors (Lipinski definition) is 0. The highest BCUT2D eigenvalue weighted by atomic mass is 32.2. The summed E-state index contributed by atoms with van der Waals surface area (Å²) < 4.78 is 27.2. The number of nitro benzene ring substituents is 1. The van der Waals surface area contributed by atoms with Crippen molar-refractivity contribution in [1.82, 2.24) is 4.90 Å². The van der Waals surface area contributed by atoms with E-state index in [9.17, 15) is 23.7 Å². The molecule has 0 bridgehead atoms. The lowest BCUT2D eigenvalue weighted by atomic mass is 10.1. The van der Waals surface area contributed by atoms with E-state index in [-0.39, 0.29) is 16.8 Å². The molecule has 5 nitrogen and oxygen atoms in total. The molecule has 0 spiro atoms. The molecule has 0 N–H and O–H groups in total. The first-order valence-corrected chi connectivity index (χ1v) is 8.56. The zero-order valence-corrected chi connectivity index (χ0v) is 14.1. The van der Waals surface area contributed by atoms with Crippen molar-refractivity contribution in [3.05, 3.63) is 74.8 Å². The molecule has 1 unspecified atom stereocenters. The molecule has 130 valence electrons. The average molecular weight is 364 g/mol. The van der Waals surface area contributed by atoms with E-state index in [1.165, 1.54) is 40.9 Å². The Bertz CT molecular complexity index is 860. The van der Waals surface area contributed by atoms with Crippen LogP contribution in [0.15, 0.2) is 36.4 Å². The Morgan fingerprint density at radius 3 is 2.72 bits per heavy atom. The fourth-order valence-electron chi connectivity index (χ4n) is 2.74. The Hall–Kier alpha value is -2.48. The number of hydrogen-bond acceptors (Lipinski definition) is 4. The van der Waals surface area contributed by atoms with Gasteiger partial charge in [0.25, 0.3) is 11.6 Å². The highest BCUT2D eigenvalue weighted by molar-refractivity contribution is 7.99. The van der Waals surface area contributed by atoms with Crippen molar-refractivity contribution in [3.63, 3.8) is 0 Å². The fourth-order valence-corrected chi connectivity index (χ4v) is 4.02. The molecule has 1 fully saturated rings. The van der Waals surface area contributed by atoms with Crippen LogP contribution in [0.3, 0.4) is 0 Å². The maximum atomic E-state index is 14.1. The van der Waals surface area contributed by atoms with Crippen molar-refractivity contribution in [2.75, 3.05) is 12.3 Å². The van der Waals surface area contributed by atoms with Gasteiger partial charge in [0.1, 0.15) is 17.0 Å². The van der Waals surface area contributed by atoms with Crippen LogP contribution in [0.1, 0.15) is 26.9 Å². The number of aryl methyl sites for hydroxylation is 1. The SMILES string of the molecule is Cc1ccc(C(=O)N2CCSC2c2ccc(F)cc2F)cc1[N+](=O)[O-]. The summed E-state index contributed by atoms with van der Waals surface area (Å²) >= 11 is 1.37. The predicted molar refractivity (Wildman–Crippen MR) is 90.4 cm³/mol. The summed E-state index contributed by atoms with van der Waals surface area (Å²) in [5, 5.41) is 10.5. The minimum absolute atomic E-state index is 0.137. The molecule has 0 aliphatic carbocycles. The van der Waals surface area contributed by atoms with Gasteiger partial charge in [0.2, 0.25) is 0 Å². The lowest BCUT2D eigenvalue weighted by molar-refractivity contribution is -0.385. The monoisotopic (exact) mass is 364 g/mol. The molecule has 0 saturated carbocycles. The topological polar surface area (TPSA) is 63.5 Å². The molecule has 8 heteroatoms. The molecule has 2 aromatic carbocycles. The number of benzene rings is 2. The van der Waals surface area contributed by atoms with E-state index in [2.05, 4.69) is 0 Å². The number of thioether (sulfide) groups is 1. The van der Waals surface area contributed by atoms with Crippen molar-refractivity contribution >= 4 is 23.4 Å². The molecule has 1 saturated heterocycles. The van der Waals surface area contributed by atoms with E-state index in [1.807, 2.05) is 0 Å². The Morgan fingerprint density at radius 1 is 1.28 bits per heavy atom. The Balaban J connectivity index is 1.93. The second-order valence-corrected chi connectivity index (χ2v) is 6.83. The molecular formula is C17H14F2N2O3S. The number of nitrogens with zero attached hydrogens (tertiary/aromatic N) is 2. The first-order chi connectivity index (χ1) is 11.9. The minimum atomic E-state index is -0.716. The molecule has 3 rings (SSSR count). The van der Waals surface area contributed by atoms with Gasteiger partial charge in [-0.05, 0) is 19.1 Å². The van der Waals surface area contributed by atoms with Crippen LogP contribution in [0.2, 0.25) is 0 Å². The molecule has 2 aromatic rings. The Morgan fingerprint density at radius 2 is 2.04 bits per heavy atom. The normalized spacial score (nSPS) is 16.9. The van der Waals surface area contributed by atoms with Crippen LogP contribution in [0.25, 0.3) is 0 Å². The number of nitro groups is 1. The zero-order chi connectivity index (χ0) is 18.1.